The fraction of sp³-hybridized carbons (Fsp3) is 0.235. The molecule has 0 fully saturated rings. The van der Waals surface area contributed by atoms with Crippen LogP contribution in [0.1, 0.15) is 11.1 Å². The summed E-state index contributed by atoms with van der Waals surface area (Å²) < 4.78 is 18.4. The van der Waals surface area contributed by atoms with Gasteiger partial charge in [0.05, 0.1) is 5.92 Å². The van der Waals surface area contributed by atoms with Crippen LogP contribution in [0, 0.1) is 11.7 Å². The van der Waals surface area contributed by atoms with Crippen LogP contribution in [0.15, 0.2) is 48.5 Å². The predicted molar refractivity (Wildman–Crippen MR) is 82.6 cm³/mol. The minimum absolute atomic E-state index is 0.228. The van der Waals surface area contributed by atoms with E-state index < -0.39 is 5.91 Å². The van der Waals surface area contributed by atoms with Crippen molar-refractivity contribution in [2.75, 3.05) is 6.54 Å². The molecule has 2 aromatic carbocycles. The van der Waals surface area contributed by atoms with E-state index in [4.69, 9.17) is 16.2 Å². The van der Waals surface area contributed by atoms with Crippen LogP contribution >= 0.6 is 0 Å². The molecule has 0 bridgehead atoms. The minimum Gasteiger partial charge on any atom is -0.489 e. The highest BCUT2D eigenvalue weighted by Crippen LogP contribution is 2.15. The number of halogens is 1. The zero-order valence-electron chi connectivity index (χ0n) is 12.2. The lowest BCUT2D eigenvalue weighted by molar-refractivity contribution is -0.121. The first kappa shape index (κ1) is 16.0. The molecule has 0 aliphatic heterocycles. The number of amides is 1. The first-order valence-electron chi connectivity index (χ1n) is 7.04. The number of nitrogens with two attached hydrogens (primary N) is 2. The molecule has 0 aliphatic rings. The van der Waals surface area contributed by atoms with Crippen LogP contribution in [-0.2, 0) is 17.8 Å². The Morgan fingerprint density at radius 1 is 1.14 bits per heavy atom. The van der Waals surface area contributed by atoms with E-state index >= 15 is 0 Å². The van der Waals surface area contributed by atoms with Crippen molar-refractivity contribution in [2.24, 2.45) is 17.4 Å². The molecule has 5 heteroatoms. The Labute approximate surface area is 128 Å². The molecular weight excluding hydrogens is 283 g/mol. The lowest BCUT2D eigenvalue weighted by Gasteiger charge is -2.12. The molecule has 2 aromatic rings. The third kappa shape index (κ3) is 4.56. The Morgan fingerprint density at radius 3 is 2.45 bits per heavy atom. The van der Waals surface area contributed by atoms with Crippen LogP contribution < -0.4 is 16.2 Å². The van der Waals surface area contributed by atoms with Gasteiger partial charge in [0.1, 0.15) is 18.2 Å². The molecule has 116 valence electrons. The Morgan fingerprint density at radius 2 is 1.82 bits per heavy atom. The average Bonchev–Trinajstić information content (AvgIpc) is 2.52. The first-order valence-corrected chi connectivity index (χ1v) is 7.04. The van der Waals surface area contributed by atoms with Gasteiger partial charge in [-0.25, -0.2) is 4.39 Å². The van der Waals surface area contributed by atoms with Crippen molar-refractivity contribution in [2.45, 2.75) is 13.0 Å². The summed E-state index contributed by atoms with van der Waals surface area (Å²) >= 11 is 0. The molecule has 0 spiro atoms. The number of hydrogen-bond acceptors (Lipinski definition) is 3. The standard InChI is InChI=1S/C17H19FN2O2/c18-15-4-6-16(7-5-15)22-11-13-3-1-2-12(8-13)9-14(10-19)17(20)21/h1-8,14H,9-11,19H2,(H2,20,21)/t14-/m0/s1. The number of ether oxygens (including phenoxy) is 1. The Hall–Kier alpha value is -2.40. The van der Waals surface area contributed by atoms with E-state index in [2.05, 4.69) is 0 Å². The molecular formula is C17H19FN2O2. The summed E-state index contributed by atoms with van der Waals surface area (Å²) in [5.41, 5.74) is 12.8. The van der Waals surface area contributed by atoms with Gasteiger partial charge in [0.15, 0.2) is 0 Å². The van der Waals surface area contributed by atoms with Crippen molar-refractivity contribution in [1.82, 2.24) is 0 Å². The minimum atomic E-state index is -0.393. The maximum Gasteiger partial charge on any atom is 0.222 e. The summed E-state index contributed by atoms with van der Waals surface area (Å²) in [5, 5.41) is 0. The number of primary amides is 1. The Kier molecular flexibility index (Phi) is 5.49. The van der Waals surface area contributed by atoms with Crippen LogP contribution in [-0.4, -0.2) is 12.5 Å². The lowest BCUT2D eigenvalue weighted by atomic mass is 9.97. The highest BCUT2D eigenvalue weighted by molar-refractivity contribution is 5.77. The molecule has 0 saturated heterocycles. The number of benzene rings is 2. The topological polar surface area (TPSA) is 78.3 Å². The van der Waals surface area contributed by atoms with Gasteiger partial charge in [0.25, 0.3) is 0 Å². The van der Waals surface area contributed by atoms with Gasteiger partial charge in [-0.3, -0.25) is 4.79 Å². The van der Waals surface area contributed by atoms with Crippen molar-refractivity contribution in [3.63, 3.8) is 0 Å². The summed E-state index contributed by atoms with van der Waals surface area (Å²) in [4.78, 5) is 11.2. The van der Waals surface area contributed by atoms with E-state index in [0.29, 0.717) is 18.8 Å². The summed E-state index contributed by atoms with van der Waals surface area (Å²) in [6.07, 6.45) is 0.510. The molecule has 2 rings (SSSR count). The number of rotatable bonds is 7. The molecule has 0 aliphatic carbocycles. The van der Waals surface area contributed by atoms with Crippen molar-refractivity contribution in [3.05, 3.63) is 65.5 Å². The van der Waals surface area contributed by atoms with E-state index in [1.165, 1.54) is 12.1 Å². The van der Waals surface area contributed by atoms with E-state index in [1.54, 1.807) is 12.1 Å². The predicted octanol–water partition coefficient (Wildman–Crippen LogP) is 2.01. The average molecular weight is 302 g/mol. The third-order valence-electron chi connectivity index (χ3n) is 3.38. The summed E-state index contributed by atoms with van der Waals surface area (Å²) in [6.45, 7) is 0.592. The second kappa shape index (κ2) is 7.56. The highest BCUT2D eigenvalue weighted by Gasteiger charge is 2.14. The van der Waals surface area contributed by atoms with Gasteiger partial charge in [-0.2, -0.15) is 0 Å². The van der Waals surface area contributed by atoms with Crippen molar-refractivity contribution in [1.29, 1.82) is 0 Å². The van der Waals surface area contributed by atoms with Gasteiger partial charge >= 0.3 is 0 Å². The zero-order chi connectivity index (χ0) is 15.9. The van der Waals surface area contributed by atoms with E-state index in [0.717, 1.165) is 11.1 Å². The SMILES string of the molecule is NC[C@H](Cc1cccc(COc2ccc(F)cc2)c1)C(N)=O. The van der Waals surface area contributed by atoms with Crippen LogP contribution in [0.4, 0.5) is 4.39 Å². The largest absolute Gasteiger partial charge is 0.489 e. The molecule has 22 heavy (non-hydrogen) atoms. The maximum atomic E-state index is 12.8. The molecule has 0 aromatic heterocycles. The monoisotopic (exact) mass is 302 g/mol. The second-order valence-electron chi connectivity index (χ2n) is 5.10. The third-order valence-corrected chi connectivity index (χ3v) is 3.38. The first-order chi connectivity index (χ1) is 10.6. The van der Waals surface area contributed by atoms with Gasteiger partial charge in [0, 0.05) is 6.54 Å². The fourth-order valence-electron chi connectivity index (χ4n) is 2.13. The van der Waals surface area contributed by atoms with E-state index in [1.807, 2.05) is 24.3 Å². The lowest BCUT2D eigenvalue weighted by Crippen LogP contribution is -2.31. The summed E-state index contributed by atoms with van der Waals surface area (Å²) in [7, 11) is 0. The fourth-order valence-corrected chi connectivity index (χ4v) is 2.13. The Bertz CT molecular complexity index is 629. The van der Waals surface area contributed by atoms with Crippen molar-refractivity contribution in [3.8, 4) is 5.75 Å². The molecule has 1 amide bonds. The Balaban J connectivity index is 1.99. The van der Waals surface area contributed by atoms with Crippen LogP contribution in [0.3, 0.4) is 0 Å². The van der Waals surface area contributed by atoms with Gasteiger partial charge in [0.2, 0.25) is 5.91 Å². The number of hydrogen-bond donors (Lipinski definition) is 2. The van der Waals surface area contributed by atoms with E-state index in [9.17, 15) is 9.18 Å². The normalized spacial score (nSPS) is 11.9. The quantitative estimate of drug-likeness (QED) is 0.821. The zero-order valence-corrected chi connectivity index (χ0v) is 12.2. The van der Waals surface area contributed by atoms with Crippen molar-refractivity contribution < 1.29 is 13.9 Å². The van der Waals surface area contributed by atoms with Gasteiger partial charge in [-0.1, -0.05) is 24.3 Å². The summed E-state index contributed by atoms with van der Waals surface area (Å²) in [5.74, 6) is -0.457. The highest BCUT2D eigenvalue weighted by atomic mass is 19.1. The smallest absolute Gasteiger partial charge is 0.222 e. The molecule has 0 unspecified atom stereocenters. The number of carbonyl (C=O) groups excluding carboxylic acids is 1. The molecule has 0 saturated carbocycles. The van der Waals surface area contributed by atoms with Gasteiger partial charge in [-0.15, -0.1) is 0 Å². The molecule has 4 nitrogen and oxygen atoms in total. The second-order valence-corrected chi connectivity index (χ2v) is 5.10. The van der Waals surface area contributed by atoms with Crippen LogP contribution in [0.5, 0.6) is 5.75 Å². The number of carbonyl (C=O) groups is 1. The van der Waals surface area contributed by atoms with Crippen LogP contribution in [0.25, 0.3) is 0 Å². The van der Waals surface area contributed by atoms with Gasteiger partial charge in [-0.05, 0) is 41.8 Å². The maximum absolute atomic E-state index is 12.8. The summed E-state index contributed by atoms with van der Waals surface area (Å²) in [6, 6.07) is 13.6. The molecule has 1 atom stereocenters. The molecule has 0 radical (unpaired) electrons. The molecule has 4 N–H and O–H groups in total. The van der Waals surface area contributed by atoms with Gasteiger partial charge < -0.3 is 16.2 Å². The van der Waals surface area contributed by atoms with Crippen LogP contribution in [0.2, 0.25) is 0 Å². The molecule has 0 heterocycles. The van der Waals surface area contributed by atoms with Crippen molar-refractivity contribution >= 4 is 5.91 Å². The van der Waals surface area contributed by atoms with E-state index in [-0.39, 0.29) is 18.3 Å².